The number of aromatic nitrogens is 1. The summed E-state index contributed by atoms with van der Waals surface area (Å²) in [5, 5.41) is 4.49. The minimum absolute atomic E-state index is 0.280. The summed E-state index contributed by atoms with van der Waals surface area (Å²) in [6, 6.07) is 9.38. The molecule has 3 rings (SSSR count). The third-order valence-electron chi connectivity index (χ3n) is 4.13. The number of amides is 1. The maximum absolute atomic E-state index is 13.0. The Morgan fingerprint density at radius 2 is 1.84 bits per heavy atom. The number of hydrogen-bond donors (Lipinski definition) is 1. The highest BCUT2D eigenvalue weighted by atomic mass is 32.1. The van der Waals surface area contributed by atoms with Gasteiger partial charge in [0.15, 0.2) is 6.61 Å². The van der Waals surface area contributed by atoms with Gasteiger partial charge in [-0.15, -0.1) is 11.3 Å². The second-order valence-corrected chi connectivity index (χ2v) is 7.71. The van der Waals surface area contributed by atoms with E-state index in [-0.39, 0.29) is 6.42 Å². The highest BCUT2D eigenvalue weighted by Gasteiger charge is 2.33. The van der Waals surface area contributed by atoms with Crippen molar-refractivity contribution in [1.82, 2.24) is 4.98 Å². The summed E-state index contributed by atoms with van der Waals surface area (Å²) in [4.78, 5) is 16.7. The summed E-state index contributed by atoms with van der Waals surface area (Å²) in [7, 11) is 0. The maximum Gasteiger partial charge on any atom is 0.422 e. The summed E-state index contributed by atoms with van der Waals surface area (Å²) in [6.07, 6.45) is -9.73. The Balaban J connectivity index is 1.77. The smallest absolute Gasteiger partial charge is 0.422 e. The van der Waals surface area contributed by atoms with Gasteiger partial charge in [0.1, 0.15) is 10.8 Å². The quantitative estimate of drug-likeness (QED) is 0.429. The van der Waals surface area contributed by atoms with Crippen LogP contribution in [0.3, 0.4) is 0 Å². The van der Waals surface area contributed by atoms with E-state index in [1.165, 1.54) is 11.3 Å². The molecule has 0 aliphatic heterocycles. The SMILES string of the molecule is Cc1cccc(-c2nc(CC(=O)Nc3cc(C(F)(F)F)ccc3OCC(F)(F)F)cs2)c1. The van der Waals surface area contributed by atoms with Gasteiger partial charge in [0.25, 0.3) is 0 Å². The zero-order chi connectivity index (χ0) is 23.5. The largest absolute Gasteiger partial charge is 0.482 e. The Morgan fingerprint density at radius 1 is 1.09 bits per heavy atom. The molecule has 32 heavy (non-hydrogen) atoms. The van der Waals surface area contributed by atoms with Gasteiger partial charge in [-0.05, 0) is 31.2 Å². The first-order valence-corrected chi connectivity index (χ1v) is 10.0. The lowest BCUT2D eigenvalue weighted by molar-refractivity contribution is -0.153. The number of hydrogen-bond acceptors (Lipinski definition) is 4. The minimum atomic E-state index is -4.75. The van der Waals surface area contributed by atoms with Gasteiger partial charge in [-0.2, -0.15) is 26.3 Å². The van der Waals surface area contributed by atoms with Gasteiger partial charge in [-0.25, -0.2) is 4.98 Å². The second-order valence-electron chi connectivity index (χ2n) is 6.85. The van der Waals surface area contributed by atoms with Crippen molar-refractivity contribution in [2.45, 2.75) is 25.7 Å². The number of ether oxygens (including phenoxy) is 1. The molecule has 2 aromatic carbocycles. The topological polar surface area (TPSA) is 51.2 Å². The van der Waals surface area contributed by atoms with Gasteiger partial charge < -0.3 is 10.1 Å². The van der Waals surface area contributed by atoms with E-state index in [2.05, 4.69) is 15.0 Å². The van der Waals surface area contributed by atoms with Crippen LogP contribution in [0.25, 0.3) is 10.6 Å². The van der Waals surface area contributed by atoms with Gasteiger partial charge in [0.05, 0.1) is 23.4 Å². The van der Waals surface area contributed by atoms with E-state index >= 15 is 0 Å². The van der Waals surface area contributed by atoms with Gasteiger partial charge in [0, 0.05) is 10.9 Å². The van der Waals surface area contributed by atoms with Crippen LogP contribution >= 0.6 is 11.3 Å². The summed E-state index contributed by atoms with van der Waals surface area (Å²) in [6.45, 7) is 0.201. The van der Waals surface area contributed by atoms with Crippen LogP contribution in [0.2, 0.25) is 0 Å². The number of halogens is 6. The van der Waals surface area contributed by atoms with Crippen LogP contribution in [0.15, 0.2) is 47.8 Å². The number of nitrogens with one attached hydrogen (secondary N) is 1. The van der Waals surface area contributed by atoms with E-state index in [0.717, 1.165) is 17.2 Å². The molecule has 170 valence electrons. The molecule has 0 spiro atoms. The molecule has 0 saturated heterocycles. The van der Waals surface area contributed by atoms with E-state index in [0.29, 0.717) is 22.8 Å². The minimum Gasteiger partial charge on any atom is -0.482 e. The number of aryl methyl sites for hydroxylation is 1. The lowest BCUT2D eigenvalue weighted by atomic mass is 10.1. The lowest BCUT2D eigenvalue weighted by Crippen LogP contribution is -2.21. The summed E-state index contributed by atoms with van der Waals surface area (Å²) in [5.41, 5.74) is 0.592. The fourth-order valence-corrected chi connectivity index (χ4v) is 3.56. The Labute approximate surface area is 182 Å². The molecule has 3 aromatic rings. The van der Waals surface area contributed by atoms with Crippen molar-refractivity contribution in [3.05, 3.63) is 64.7 Å². The van der Waals surface area contributed by atoms with Crippen LogP contribution in [0.5, 0.6) is 5.75 Å². The number of nitrogens with zero attached hydrogens (tertiary/aromatic N) is 1. The van der Waals surface area contributed by atoms with Gasteiger partial charge >= 0.3 is 12.4 Å². The second kappa shape index (κ2) is 9.19. The van der Waals surface area contributed by atoms with Crippen molar-refractivity contribution in [3.63, 3.8) is 0 Å². The highest BCUT2D eigenvalue weighted by molar-refractivity contribution is 7.13. The number of carbonyl (C=O) groups is 1. The van der Waals surface area contributed by atoms with Crippen molar-refractivity contribution in [1.29, 1.82) is 0 Å². The molecule has 1 aromatic heterocycles. The Morgan fingerprint density at radius 3 is 2.50 bits per heavy atom. The van der Waals surface area contributed by atoms with E-state index in [4.69, 9.17) is 0 Å². The number of anilines is 1. The normalized spacial score (nSPS) is 12.0. The predicted molar refractivity (Wildman–Crippen MR) is 108 cm³/mol. The van der Waals surface area contributed by atoms with Crippen molar-refractivity contribution >= 4 is 22.9 Å². The van der Waals surface area contributed by atoms with E-state index in [1.54, 1.807) is 5.38 Å². The molecule has 0 bridgehead atoms. The molecule has 4 nitrogen and oxygen atoms in total. The monoisotopic (exact) mass is 474 g/mol. The molecule has 11 heteroatoms. The Kier molecular flexibility index (Phi) is 6.77. The standard InChI is InChI=1S/C21H16F6N2O2S/c1-12-3-2-4-13(7-12)19-28-15(10-32-19)9-18(30)29-16-8-14(21(25,26)27)5-6-17(16)31-11-20(22,23)24/h2-8,10H,9,11H2,1H3,(H,29,30). The van der Waals surface area contributed by atoms with Crippen LogP contribution in [-0.4, -0.2) is 23.7 Å². The summed E-state index contributed by atoms with van der Waals surface area (Å²) in [5.74, 6) is -1.27. The molecular formula is C21H16F6N2O2S. The average Bonchev–Trinajstić information content (AvgIpc) is 3.14. The molecule has 1 N–H and O–H groups in total. The fourth-order valence-electron chi connectivity index (χ4n) is 2.75. The third kappa shape index (κ3) is 6.46. The van der Waals surface area contributed by atoms with Crippen LogP contribution in [0.4, 0.5) is 32.0 Å². The number of carbonyl (C=O) groups excluding carboxylic acids is 1. The van der Waals surface area contributed by atoms with Gasteiger partial charge in [-0.3, -0.25) is 4.79 Å². The number of rotatable bonds is 6. The summed E-state index contributed by atoms with van der Waals surface area (Å²) < 4.78 is 81.0. The molecule has 0 aliphatic rings. The molecule has 1 heterocycles. The molecule has 0 unspecified atom stereocenters. The van der Waals surface area contributed by atoms with E-state index in [9.17, 15) is 31.1 Å². The third-order valence-corrected chi connectivity index (χ3v) is 5.07. The average molecular weight is 474 g/mol. The molecule has 0 aliphatic carbocycles. The van der Waals surface area contributed by atoms with Gasteiger partial charge in [0.2, 0.25) is 5.91 Å². The van der Waals surface area contributed by atoms with Crippen molar-refractivity contribution < 1.29 is 35.9 Å². The fraction of sp³-hybridized carbons (Fsp3) is 0.238. The first-order chi connectivity index (χ1) is 14.9. The van der Waals surface area contributed by atoms with Crippen molar-refractivity contribution in [3.8, 4) is 16.3 Å². The number of alkyl halides is 6. The Bertz CT molecular complexity index is 1110. The highest BCUT2D eigenvalue weighted by Crippen LogP contribution is 2.36. The first-order valence-electron chi connectivity index (χ1n) is 9.13. The molecule has 0 fully saturated rings. The van der Waals surface area contributed by atoms with Gasteiger partial charge in [-0.1, -0.05) is 23.8 Å². The van der Waals surface area contributed by atoms with Crippen LogP contribution in [-0.2, 0) is 17.4 Å². The zero-order valence-corrected chi connectivity index (χ0v) is 17.3. The predicted octanol–water partition coefficient (Wildman–Crippen LogP) is 6.26. The van der Waals surface area contributed by atoms with E-state index in [1.807, 2.05) is 31.2 Å². The first kappa shape index (κ1) is 23.6. The Hall–Kier alpha value is -3.08. The van der Waals surface area contributed by atoms with Crippen LogP contribution < -0.4 is 10.1 Å². The van der Waals surface area contributed by atoms with E-state index < -0.39 is 41.9 Å². The zero-order valence-electron chi connectivity index (χ0n) is 16.5. The molecule has 0 saturated carbocycles. The van der Waals surface area contributed by atoms with Crippen LogP contribution in [0.1, 0.15) is 16.8 Å². The summed E-state index contributed by atoms with van der Waals surface area (Å²) >= 11 is 1.29. The van der Waals surface area contributed by atoms with Crippen LogP contribution in [0, 0.1) is 6.92 Å². The molecule has 0 radical (unpaired) electrons. The lowest BCUT2D eigenvalue weighted by Gasteiger charge is -2.16. The number of benzene rings is 2. The molecule has 1 amide bonds. The maximum atomic E-state index is 13.0. The molecule has 0 atom stereocenters. The number of thiazole rings is 1. The molecular weight excluding hydrogens is 458 g/mol. The van der Waals surface area contributed by atoms with Crippen molar-refractivity contribution in [2.24, 2.45) is 0 Å². The van der Waals surface area contributed by atoms with Crippen molar-refractivity contribution in [2.75, 3.05) is 11.9 Å².